The molecule has 0 bridgehead atoms. The second-order valence-electron chi connectivity index (χ2n) is 9.30. The van der Waals surface area contributed by atoms with Gasteiger partial charge >= 0.3 is 0 Å². The summed E-state index contributed by atoms with van der Waals surface area (Å²) in [5, 5.41) is 22.0. The van der Waals surface area contributed by atoms with E-state index in [-0.39, 0.29) is 12.1 Å². The van der Waals surface area contributed by atoms with Crippen LogP contribution in [0.2, 0.25) is 5.02 Å². The number of nitrogens with zero attached hydrogens (tertiary/aromatic N) is 1. The summed E-state index contributed by atoms with van der Waals surface area (Å²) in [5.41, 5.74) is 3.07. The molecular formula is C27H36ClNO6. The summed E-state index contributed by atoms with van der Waals surface area (Å²) in [7, 11) is 1.50. The minimum atomic E-state index is -0.938. The molecule has 2 aromatic rings. The number of hydrogen-bond donors (Lipinski definition) is 2. The molecule has 2 aliphatic rings. The number of halogens is 1. The van der Waals surface area contributed by atoms with Crippen LogP contribution in [0.5, 0.6) is 5.75 Å². The van der Waals surface area contributed by atoms with E-state index in [1.807, 2.05) is 43.3 Å². The second kappa shape index (κ2) is 12.5. The number of ether oxygens (including phenoxy) is 2. The maximum Gasteiger partial charge on any atom is 0.119 e. The van der Waals surface area contributed by atoms with Crippen molar-refractivity contribution >= 4 is 11.6 Å². The lowest BCUT2D eigenvalue weighted by Gasteiger charge is -2.40. The Morgan fingerprint density at radius 2 is 1.94 bits per heavy atom. The molecule has 8 heteroatoms. The molecule has 7 nitrogen and oxygen atoms in total. The van der Waals surface area contributed by atoms with Crippen molar-refractivity contribution in [2.24, 2.45) is 0 Å². The van der Waals surface area contributed by atoms with E-state index in [9.17, 15) is 10.2 Å². The molecule has 35 heavy (non-hydrogen) atoms. The molecule has 0 aliphatic carbocycles. The number of likely N-dealkylation sites (tertiary alicyclic amines) is 1. The zero-order valence-electron chi connectivity index (χ0n) is 20.4. The number of rotatable bonds is 10. The summed E-state index contributed by atoms with van der Waals surface area (Å²) in [6, 6.07) is 14.1. The highest BCUT2D eigenvalue weighted by atomic mass is 35.5. The molecule has 0 unspecified atom stereocenters. The van der Waals surface area contributed by atoms with Crippen LogP contribution >= 0.6 is 11.6 Å². The summed E-state index contributed by atoms with van der Waals surface area (Å²) in [5.74, 6) is 0.847. The molecule has 192 valence electrons. The van der Waals surface area contributed by atoms with Gasteiger partial charge in [-0.2, -0.15) is 0 Å². The SMILES string of the molecule is CCOc1ccc(Cc2cc([C@H]3C[C@@H](O)[C@H](O)[C@@H](CN4CCC[C@H]4COOC)O3)ccc2Cl)cc1. The highest BCUT2D eigenvalue weighted by molar-refractivity contribution is 6.31. The maximum atomic E-state index is 10.7. The Hall–Kier alpha value is -1.71. The van der Waals surface area contributed by atoms with Gasteiger partial charge in [0.05, 0.1) is 38.6 Å². The smallest absolute Gasteiger partial charge is 0.119 e. The molecule has 2 saturated heterocycles. The Kier molecular flexibility index (Phi) is 9.41. The highest BCUT2D eigenvalue weighted by Gasteiger charge is 2.40. The zero-order valence-corrected chi connectivity index (χ0v) is 21.2. The average molecular weight is 506 g/mol. The fourth-order valence-electron chi connectivity index (χ4n) is 5.04. The fraction of sp³-hybridized carbons (Fsp3) is 0.556. The van der Waals surface area contributed by atoms with Gasteiger partial charge in [0.15, 0.2) is 0 Å². The highest BCUT2D eigenvalue weighted by Crippen LogP contribution is 2.35. The van der Waals surface area contributed by atoms with Crippen LogP contribution in [0.15, 0.2) is 42.5 Å². The standard InChI is InChI=1S/C27H36ClNO6/c1-3-33-22-9-6-18(7-10-22)13-20-14-19(8-11-23(20)28)25-15-24(30)27(31)26(35-25)16-29-12-4-5-21(29)17-34-32-2/h6-11,14,21,24-27,30-31H,3-5,12-13,15-17H2,1-2H3/t21-,24+,25+,26+,27-/m0/s1. The lowest BCUT2D eigenvalue weighted by atomic mass is 9.92. The third-order valence-corrected chi connectivity index (χ3v) is 7.30. The van der Waals surface area contributed by atoms with Crippen LogP contribution in [-0.4, -0.2) is 72.9 Å². The van der Waals surface area contributed by atoms with Crippen molar-refractivity contribution in [2.45, 2.75) is 63.1 Å². The van der Waals surface area contributed by atoms with E-state index >= 15 is 0 Å². The Morgan fingerprint density at radius 1 is 1.14 bits per heavy atom. The summed E-state index contributed by atoms with van der Waals surface area (Å²) >= 11 is 6.53. The first-order chi connectivity index (χ1) is 17.0. The molecule has 0 aromatic heterocycles. The Morgan fingerprint density at radius 3 is 2.69 bits per heavy atom. The third-order valence-electron chi connectivity index (χ3n) is 6.93. The largest absolute Gasteiger partial charge is 0.494 e. The number of aliphatic hydroxyl groups excluding tert-OH is 2. The van der Waals surface area contributed by atoms with Crippen molar-refractivity contribution < 1.29 is 29.5 Å². The molecule has 0 spiro atoms. The minimum absolute atomic E-state index is 0.208. The second-order valence-corrected chi connectivity index (χ2v) is 9.71. The van der Waals surface area contributed by atoms with Crippen molar-refractivity contribution in [1.82, 2.24) is 4.90 Å². The monoisotopic (exact) mass is 505 g/mol. The van der Waals surface area contributed by atoms with Crippen LogP contribution in [0.25, 0.3) is 0 Å². The maximum absolute atomic E-state index is 10.7. The first-order valence-corrected chi connectivity index (χ1v) is 12.8. The van der Waals surface area contributed by atoms with Crippen molar-refractivity contribution in [2.75, 3.05) is 33.4 Å². The normalized spacial score (nSPS) is 27.3. The lowest BCUT2D eigenvalue weighted by molar-refractivity contribution is -0.280. The van der Waals surface area contributed by atoms with Gasteiger partial charge < -0.3 is 19.7 Å². The minimum Gasteiger partial charge on any atom is -0.494 e. The van der Waals surface area contributed by atoms with E-state index in [0.717, 1.165) is 41.8 Å². The molecule has 2 N–H and O–H groups in total. The van der Waals surface area contributed by atoms with Gasteiger partial charge in [-0.05, 0) is 67.6 Å². The van der Waals surface area contributed by atoms with Crippen molar-refractivity contribution in [3.8, 4) is 5.75 Å². The quantitative estimate of drug-likeness (QED) is 0.374. The van der Waals surface area contributed by atoms with E-state index in [1.165, 1.54) is 7.11 Å². The van der Waals surface area contributed by atoms with E-state index in [2.05, 4.69) is 11.0 Å². The molecule has 2 heterocycles. The van der Waals surface area contributed by atoms with Gasteiger partial charge in [-0.15, -0.1) is 0 Å². The summed E-state index contributed by atoms with van der Waals surface area (Å²) in [6.07, 6.45) is 0.436. The van der Waals surface area contributed by atoms with Gasteiger partial charge in [-0.3, -0.25) is 4.90 Å². The topological polar surface area (TPSA) is 80.6 Å². The van der Waals surface area contributed by atoms with Gasteiger partial charge in [-0.1, -0.05) is 35.9 Å². The van der Waals surface area contributed by atoms with Crippen LogP contribution < -0.4 is 4.74 Å². The average Bonchev–Trinajstić information content (AvgIpc) is 3.30. The van der Waals surface area contributed by atoms with E-state index in [4.69, 9.17) is 30.8 Å². The van der Waals surface area contributed by atoms with Crippen LogP contribution in [0.4, 0.5) is 0 Å². The summed E-state index contributed by atoms with van der Waals surface area (Å²) in [6.45, 7) is 4.50. The summed E-state index contributed by atoms with van der Waals surface area (Å²) < 4.78 is 11.9. The van der Waals surface area contributed by atoms with Crippen molar-refractivity contribution in [3.05, 3.63) is 64.2 Å². The van der Waals surface area contributed by atoms with Gasteiger partial charge in [0.2, 0.25) is 0 Å². The van der Waals surface area contributed by atoms with Crippen molar-refractivity contribution in [3.63, 3.8) is 0 Å². The van der Waals surface area contributed by atoms with Gasteiger partial charge in [-0.25, -0.2) is 9.78 Å². The Balaban J connectivity index is 1.45. The molecule has 4 rings (SSSR count). The molecule has 2 aliphatic heterocycles. The molecule has 0 radical (unpaired) electrons. The predicted octanol–water partition coefficient (Wildman–Crippen LogP) is 3.92. The van der Waals surface area contributed by atoms with Crippen LogP contribution in [0.3, 0.4) is 0 Å². The number of hydrogen-bond acceptors (Lipinski definition) is 7. The number of benzene rings is 2. The van der Waals surface area contributed by atoms with Crippen LogP contribution in [0, 0.1) is 0 Å². The van der Waals surface area contributed by atoms with Crippen LogP contribution in [0.1, 0.15) is 49.0 Å². The first kappa shape index (κ1) is 26.4. The fourth-order valence-corrected chi connectivity index (χ4v) is 5.23. The molecule has 5 atom stereocenters. The van der Waals surface area contributed by atoms with E-state index in [0.29, 0.717) is 37.6 Å². The number of aliphatic hydroxyl groups is 2. The van der Waals surface area contributed by atoms with Gasteiger partial charge in [0.25, 0.3) is 0 Å². The Labute approximate surface area is 212 Å². The predicted molar refractivity (Wildman–Crippen MR) is 134 cm³/mol. The van der Waals surface area contributed by atoms with Gasteiger partial charge in [0, 0.05) is 24.0 Å². The van der Waals surface area contributed by atoms with Crippen LogP contribution in [-0.2, 0) is 20.9 Å². The molecular weight excluding hydrogens is 470 g/mol. The van der Waals surface area contributed by atoms with E-state index in [1.54, 1.807) is 0 Å². The first-order valence-electron chi connectivity index (χ1n) is 12.4. The Bertz CT molecular complexity index is 942. The molecule has 2 aromatic carbocycles. The lowest BCUT2D eigenvalue weighted by Crippen LogP contribution is -2.52. The van der Waals surface area contributed by atoms with Crippen molar-refractivity contribution in [1.29, 1.82) is 0 Å². The molecule has 0 saturated carbocycles. The van der Waals surface area contributed by atoms with Gasteiger partial charge in [0.1, 0.15) is 11.9 Å². The van der Waals surface area contributed by atoms with E-state index < -0.39 is 18.3 Å². The molecule has 2 fully saturated rings. The zero-order chi connectivity index (χ0) is 24.8. The summed E-state index contributed by atoms with van der Waals surface area (Å²) in [4.78, 5) is 12.2. The molecule has 0 amide bonds. The third kappa shape index (κ3) is 6.74.